The summed E-state index contributed by atoms with van der Waals surface area (Å²) in [6.07, 6.45) is 2.74. The van der Waals surface area contributed by atoms with Gasteiger partial charge in [-0.3, -0.25) is 33.7 Å². The van der Waals surface area contributed by atoms with Crippen LogP contribution in [-0.4, -0.2) is 112 Å². The molecule has 0 saturated carbocycles. The Morgan fingerprint density at radius 2 is 1.30 bits per heavy atom. The van der Waals surface area contributed by atoms with Gasteiger partial charge in [0.2, 0.25) is 17.7 Å². The second-order valence-electron chi connectivity index (χ2n) is 10.8. The van der Waals surface area contributed by atoms with E-state index in [0.717, 1.165) is 10.5 Å². The molecule has 1 aliphatic rings. The van der Waals surface area contributed by atoms with E-state index >= 15 is 0 Å². The van der Waals surface area contributed by atoms with Crippen molar-refractivity contribution in [2.24, 2.45) is 5.92 Å². The van der Waals surface area contributed by atoms with Gasteiger partial charge in [0.05, 0.1) is 52.8 Å². The standard InChI is InChI=1S/C32H46N4O11/c1-5-29(40)47-20-24-6-8-25(9-7-24)34-31(41)23(4)33-32(42)30(22(2)3)35-26(37)21-46-19-18-45-17-16-44-15-14-43-13-12-36-27(38)10-11-28(36)39/h6-11,22-23,30H,5,12-21H2,1-4H3,(H,33,42)(H,34,41)(H,35,37)/t23-,30?/m0/s1. The number of carbonyl (C=O) groups excluding carboxylic acids is 6. The van der Waals surface area contributed by atoms with Crippen LogP contribution in [0.4, 0.5) is 5.69 Å². The highest BCUT2D eigenvalue weighted by Gasteiger charge is 2.27. The molecule has 0 spiro atoms. The Morgan fingerprint density at radius 1 is 0.745 bits per heavy atom. The van der Waals surface area contributed by atoms with Crippen molar-refractivity contribution in [3.05, 3.63) is 42.0 Å². The van der Waals surface area contributed by atoms with Crippen LogP contribution in [0.2, 0.25) is 0 Å². The van der Waals surface area contributed by atoms with Gasteiger partial charge in [-0.2, -0.15) is 0 Å². The van der Waals surface area contributed by atoms with E-state index in [0.29, 0.717) is 32.1 Å². The lowest BCUT2D eigenvalue weighted by molar-refractivity contribution is -0.144. The van der Waals surface area contributed by atoms with E-state index in [9.17, 15) is 28.8 Å². The van der Waals surface area contributed by atoms with Crippen molar-refractivity contribution in [3.8, 4) is 0 Å². The average Bonchev–Trinajstić information content (AvgIpc) is 3.37. The number of carbonyl (C=O) groups is 6. The Hall–Kier alpha value is -4.18. The maximum Gasteiger partial charge on any atom is 0.305 e. The number of anilines is 1. The van der Waals surface area contributed by atoms with Gasteiger partial charge < -0.3 is 39.6 Å². The van der Waals surface area contributed by atoms with Crippen LogP contribution in [0.15, 0.2) is 36.4 Å². The number of hydrogen-bond donors (Lipinski definition) is 3. The number of amides is 5. The highest BCUT2D eigenvalue weighted by atomic mass is 16.6. The smallest absolute Gasteiger partial charge is 0.305 e. The van der Waals surface area contributed by atoms with Crippen molar-refractivity contribution in [2.45, 2.75) is 52.8 Å². The largest absolute Gasteiger partial charge is 0.461 e. The van der Waals surface area contributed by atoms with Crippen LogP contribution in [0, 0.1) is 5.92 Å². The number of benzene rings is 1. The molecule has 2 atom stereocenters. The van der Waals surface area contributed by atoms with Gasteiger partial charge in [-0.15, -0.1) is 0 Å². The Balaban J connectivity index is 1.55. The van der Waals surface area contributed by atoms with Crippen molar-refractivity contribution in [1.29, 1.82) is 0 Å². The maximum absolute atomic E-state index is 12.9. The van der Waals surface area contributed by atoms with Gasteiger partial charge in [-0.25, -0.2) is 0 Å². The van der Waals surface area contributed by atoms with E-state index in [1.54, 1.807) is 45.0 Å². The molecule has 0 radical (unpaired) electrons. The zero-order valence-corrected chi connectivity index (χ0v) is 27.4. The number of ether oxygens (including phenoxy) is 5. The van der Waals surface area contributed by atoms with Crippen LogP contribution in [0.1, 0.15) is 39.7 Å². The summed E-state index contributed by atoms with van der Waals surface area (Å²) in [7, 11) is 0. The molecule has 1 unspecified atom stereocenters. The predicted molar refractivity (Wildman–Crippen MR) is 169 cm³/mol. The van der Waals surface area contributed by atoms with Gasteiger partial charge in [0.25, 0.3) is 11.8 Å². The van der Waals surface area contributed by atoms with Crippen LogP contribution >= 0.6 is 0 Å². The highest BCUT2D eigenvalue weighted by Crippen LogP contribution is 2.12. The summed E-state index contributed by atoms with van der Waals surface area (Å²) in [6, 6.07) is 5.02. The molecule has 2 rings (SSSR count). The van der Waals surface area contributed by atoms with Crippen LogP contribution in [0.25, 0.3) is 0 Å². The fraction of sp³-hybridized carbons (Fsp3) is 0.562. The molecule has 1 heterocycles. The van der Waals surface area contributed by atoms with Crippen LogP contribution in [0.5, 0.6) is 0 Å². The molecule has 5 amide bonds. The molecule has 0 bridgehead atoms. The Morgan fingerprint density at radius 3 is 1.85 bits per heavy atom. The molecule has 0 saturated heterocycles. The third-order valence-electron chi connectivity index (χ3n) is 6.64. The fourth-order valence-electron chi connectivity index (χ4n) is 3.95. The predicted octanol–water partition coefficient (Wildman–Crippen LogP) is 0.715. The van der Waals surface area contributed by atoms with Gasteiger partial charge >= 0.3 is 5.97 Å². The van der Waals surface area contributed by atoms with Crippen molar-refractivity contribution in [3.63, 3.8) is 0 Å². The summed E-state index contributed by atoms with van der Waals surface area (Å²) in [4.78, 5) is 73.2. The van der Waals surface area contributed by atoms with E-state index in [1.807, 2.05) is 0 Å². The Labute approximate surface area is 274 Å². The lowest BCUT2D eigenvalue weighted by Crippen LogP contribution is -2.54. The summed E-state index contributed by atoms with van der Waals surface area (Å²) in [5, 5.41) is 8.00. The summed E-state index contributed by atoms with van der Waals surface area (Å²) in [5.41, 5.74) is 1.28. The lowest BCUT2D eigenvalue weighted by atomic mass is 10.0. The molecular formula is C32H46N4O11. The van der Waals surface area contributed by atoms with Gasteiger partial charge in [0.1, 0.15) is 25.3 Å². The lowest BCUT2D eigenvalue weighted by Gasteiger charge is -2.24. The van der Waals surface area contributed by atoms with Gasteiger partial charge in [0, 0.05) is 24.3 Å². The van der Waals surface area contributed by atoms with Gasteiger partial charge in [-0.05, 0) is 30.5 Å². The van der Waals surface area contributed by atoms with Gasteiger partial charge in [-0.1, -0.05) is 32.9 Å². The number of esters is 1. The van der Waals surface area contributed by atoms with E-state index in [1.165, 1.54) is 19.1 Å². The highest BCUT2D eigenvalue weighted by molar-refractivity contribution is 6.12. The first-order valence-electron chi connectivity index (χ1n) is 15.5. The molecule has 0 fully saturated rings. The minimum Gasteiger partial charge on any atom is -0.461 e. The van der Waals surface area contributed by atoms with E-state index in [4.69, 9.17) is 23.7 Å². The zero-order chi connectivity index (χ0) is 34.6. The minimum absolute atomic E-state index is 0.138. The van der Waals surface area contributed by atoms with Crippen LogP contribution < -0.4 is 16.0 Å². The van der Waals surface area contributed by atoms with Crippen molar-refractivity contribution < 1.29 is 52.5 Å². The fourth-order valence-corrected chi connectivity index (χ4v) is 3.95. The SMILES string of the molecule is CCC(=O)OCc1ccc(NC(=O)[C@H](C)NC(=O)C(NC(=O)COCCOCCOCCOCCN2C(=O)C=CC2=O)C(C)C)cc1. The van der Waals surface area contributed by atoms with Crippen LogP contribution in [-0.2, 0) is 59.1 Å². The minimum atomic E-state index is -0.883. The van der Waals surface area contributed by atoms with Crippen molar-refractivity contribution in [2.75, 3.05) is 64.7 Å². The summed E-state index contributed by atoms with van der Waals surface area (Å²) in [5.74, 6) is -2.68. The van der Waals surface area contributed by atoms with Crippen molar-refractivity contribution >= 4 is 41.2 Å². The van der Waals surface area contributed by atoms with E-state index in [2.05, 4.69) is 16.0 Å². The molecule has 0 aliphatic carbocycles. The third kappa shape index (κ3) is 15.3. The molecule has 1 aromatic carbocycles. The Kier molecular flexibility index (Phi) is 17.9. The molecule has 0 aromatic heterocycles. The molecule has 3 N–H and O–H groups in total. The van der Waals surface area contributed by atoms with Crippen LogP contribution in [0.3, 0.4) is 0 Å². The first kappa shape index (κ1) is 39.0. The monoisotopic (exact) mass is 662 g/mol. The second kappa shape index (κ2) is 21.6. The summed E-state index contributed by atoms with van der Waals surface area (Å²) < 4.78 is 26.6. The molecule has 1 aliphatic heterocycles. The van der Waals surface area contributed by atoms with Crippen molar-refractivity contribution in [1.82, 2.24) is 15.5 Å². The van der Waals surface area contributed by atoms with E-state index in [-0.39, 0.29) is 69.7 Å². The average molecular weight is 663 g/mol. The normalized spacial score (nSPS) is 13.9. The number of rotatable bonds is 23. The molecular weight excluding hydrogens is 616 g/mol. The Bertz CT molecular complexity index is 1200. The molecule has 260 valence electrons. The van der Waals surface area contributed by atoms with Gasteiger partial charge in [0.15, 0.2) is 0 Å². The second-order valence-corrected chi connectivity index (χ2v) is 10.8. The quantitative estimate of drug-likeness (QED) is 0.0851. The number of nitrogens with one attached hydrogen (secondary N) is 3. The van der Waals surface area contributed by atoms with E-state index < -0.39 is 29.8 Å². The summed E-state index contributed by atoms with van der Waals surface area (Å²) >= 11 is 0. The first-order chi connectivity index (χ1) is 22.5. The number of hydrogen-bond acceptors (Lipinski definition) is 11. The molecule has 15 heteroatoms. The molecule has 47 heavy (non-hydrogen) atoms. The molecule has 1 aromatic rings. The number of imide groups is 1. The zero-order valence-electron chi connectivity index (χ0n) is 27.4. The topological polar surface area (TPSA) is 188 Å². The first-order valence-corrected chi connectivity index (χ1v) is 15.5. The summed E-state index contributed by atoms with van der Waals surface area (Å²) in [6.45, 7) is 8.71. The number of nitrogens with zero attached hydrogens (tertiary/aromatic N) is 1. The third-order valence-corrected chi connectivity index (χ3v) is 6.64. The molecule has 15 nitrogen and oxygen atoms in total. The maximum atomic E-state index is 12.9.